The molecule has 0 spiro atoms. The Hall–Kier alpha value is -2.76. The van der Waals surface area contributed by atoms with Gasteiger partial charge in [0.05, 0.1) is 12.2 Å². The maximum Gasteiger partial charge on any atom is 0.222 e. The van der Waals surface area contributed by atoms with Crippen LogP contribution in [0.4, 0.5) is 5.95 Å². The highest BCUT2D eigenvalue weighted by molar-refractivity contribution is 5.89. The van der Waals surface area contributed by atoms with Crippen LogP contribution < -0.4 is 5.73 Å². The van der Waals surface area contributed by atoms with E-state index in [4.69, 9.17) is 5.73 Å². The molecule has 6 nitrogen and oxygen atoms in total. The van der Waals surface area contributed by atoms with Crippen molar-refractivity contribution >= 4 is 18.1 Å². The van der Waals surface area contributed by atoms with E-state index in [2.05, 4.69) is 34.0 Å². The average molecular weight is 363 g/mol. The third kappa shape index (κ3) is 3.70. The Kier molecular flexibility index (Phi) is 4.88. The second-order valence-electron chi connectivity index (χ2n) is 7.32. The summed E-state index contributed by atoms with van der Waals surface area (Å²) in [7, 11) is 0. The van der Waals surface area contributed by atoms with Crippen LogP contribution in [0.3, 0.4) is 0 Å². The summed E-state index contributed by atoms with van der Waals surface area (Å²) in [5, 5.41) is 0. The zero-order chi connectivity index (χ0) is 18.8. The zero-order valence-corrected chi connectivity index (χ0v) is 15.7. The van der Waals surface area contributed by atoms with Crippen LogP contribution >= 0.6 is 0 Å². The van der Waals surface area contributed by atoms with E-state index in [1.165, 1.54) is 16.7 Å². The lowest BCUT2D eigenvalue weighted by Gasteiger charge is -2.15. The van der Waals surface area contributed by atoms with Gasteiger partial charge in [0.2, 0.25) is 11.9 Å². The highest BCUT2D eigenvalue weighted by Crippen LogP contribution is 2.29. The van der Waals surface area contributed by atoms with Crippen molar-refractivity contribution in [2.24, 2.45) is 4.99 Å². The van der Waals surface area contributed by atoms with Gasteiger partial charge in [0, 0.05) is 42.5 Å². The molecule has 1 aromatic carbocycles. The number of unbranched alkanes of at least 4 members (excludes halogenated alkanes) is 1. The fraction of sp³-hybridized carbons (Fsp3) is 0.429. The molecule has 6 heteroatoms. The van der Waals surface area contributed by atoms with E-state index < -0.39 is 0 Å². The second kappa shape index (κ2) is 7.47. The Morgan fingerprint density at radius 1 is 1.22 bits per heavy atom. The number of aromatic nitrogens is 2. The summed E-state index contributed by atoms with van der Waals surface area (Å²) in [6, 6.07) is 6.27. The van der Waals surface area contributed by atoms with Gasteiger partial charge < -0.3 is 10.6 Å². The number of hydrogen-bond donors (Lipinski definition) is 1. The number of aliphatic imine (C=N–C) groups is 1. The number of benzene rings is 1. The smallest absolute Gasteiger partial charge is 0.222 e. The molecule has 0 bridgehead atoms. The van der Waals surface area contributed by atoms with Crippen molar-refractivity contribution in [3.05, 3.63) is 40.6 Å². The van der Waals surface area contributed by atoms with Crippen molar-refractivity contribution in [1.82, 2.24) is 14.9 Å². The summed E-state index contributed by atoms with van der Waals surface area (Å²) in [6.45, 7) is 4.61. The maximum atomic E-state index is 11.7. The molecule has 27 heavy (non-hydrogen) atoms. The van der Waals surface area contributed by atoms with Crippen molar-refractivity contribution in [1.29, 1.82) is 0 Å². The molecule has 2 aromatic rings. The molecule has 140 valence electrons. The second-order valence-corrected chi connectivity index (χ2v) is 7.32. The van der Waals surface area contributed by atoms with Crippen LogP contribution in [0.15, 0.2) is 23.2 Å². The number of hydrogen-bond acceptors (Lipinski definition) is 5. The normalized spacial score (nSPS) is 15.6. The molecule has 1 aromatic heterocycles. The molecule has 0 radical (unpaired) electrons. The van der Waals surface area contributed by atoms with Gasteiger partial charge in [-0.15, -0.1) is 0 Å². The zero-order valence-electron chi connectivity index (χ0n) is 15.7. The molecule has 2 N–H and O–H groups in total. The van der Waals surface area contributed by atoms with Gasteiger partial charge in [-0.1, -0.05) is 12.1 Å². The monoisotopic (exact) mass is 363 g/mol. The topological polar surface area (TPSA) is 84.5 Å². The molecule has 2 aliphatic heterocycles. The largest absolute Gasteiger partial charge is 0.368 e. The maximum absolute atomic E-state index is 11.7. The molecule has 1 saturated heterocycles. The van der Waals surface area contributed by atoms with Gasteiger partial charge in [0.1, 0.15) is 0 Å². The lowest BCUT2D eigenvalue weighted by Crippen LogP contribution is -2.25. The fourth-order valence-electron chi connectivity index (χ4n) is 3.95. The molecule has 0 unspecified atom stereocenters. The Morgan fingerprint density at radius 2 is 2.11 bits per heavy atom. The molecule has 0 saturated carbocycles. The van der Waals surface area contributed by atoms with Crippen molar-refractivity contribution in [3.63, 3.8) is 0 Å². The van der Waals surface area contributed by atoms with E-state index in [1.807, 2.05) is 17.2 Å². The fourth-order valence-corrected chi connectivity index (χ4v) is 3.95. The van der Waals surface area contributed by atoms with Crippen LogP contribution in [0.2, 0.25) is 0 Å². The first-order valence-corrected chi connectivity index (χ1v) is 9.66. The summed E-state index contributed by atoms with van der Waals surface area (Å²) >= 11 is 0. The summed E-state index contributed by atoms with van der Waals surface area (Å²) in [6.07, 6.45) is 6.45. The third-order valence-corrected chi connectivity index (χ3v) is 5.44. The Bertz CT molecular complexity index is 906. The molecule has 0 aliphatic carbocycles. The summed E-state index contributed by atoms with van der Waals surface area (Å²) in [5.41, 5.74) is 12.5. The van der Waals surface area contributed by atoms with Crippen LogP contribution in [0.25, 0.3) is 11.3 Å². The summed E-state index contributed by atoms with van der Waals surface area (Å²) in [4.78, 5) is 26.9. The molecule has 2 aliphatic rings. The highest BCUT2D eigenvalue weighted by atomic mass is 16.2. The first-order chi connectivity index (χ1) is 13.1. The van der Waals surface area contributed by atoms with Crippen LogP contribution in [0.1, 0.15) is 48.1 Å². The van der Waals surface area contributed by atoms with Crippen molar-refractivity contribution in [2.75, 3.05) is 18.8 Å². The van der Waals surface area contributed by atoms with Crippen LogP contribution in [-0.4, -0.2) is 40.1 Å². The van der Waals surface area contributed by atoms with Crippen LogP contribution in [0, 0.1) is 6.92 Å². The predicted octanol–water partition coefficient (Wildman–Crippen LogP) is 2.91. The van der Waals surface area contributed by atoms with E-state index in [0.29, 0.717) is 18.3 Å². The van der Waals surface area contributed by atoms with Gasteiger partial charge in [-0.2, -0.15) is 0 Å². The van der Waals surface area contributed by atoms with Gasteiger partial charge in [-0.05, 0) is 49.8 Å². The number of rotatable bonds is 6. The minimum absolute atomic E-state index is 0.291. The van der Waals surface area contributed by atoms with E-state index >= 15 is 0 Å². The number of carbonyl (C=O) groups excluding carboxylic acids is 1. The SMILES string of the molecule is Cc1c(-c2cc(CCCCN3CCCC3=O)nc(N)n2)ccc2c1C=NC2. The van der Waals surface area contributed by atoms with Gasteiger partial charge in [-0.25, -0.2) is 9.97 Å². The van der Waals surface area contributed by atoms with E-state index in [9.17, 15) is 4.79 Å². The predicted molar refractivity (Wildman–Crippen MR) is 107 cm³/mol. The summed E-state index contributed by atoms with van der Waals surface area (Å²) in [5.74, 6) is 0.602. The molecular weight excluding hydrogens is 338 g/mol. The van der Waals surface area contributed by atoms with E-state index in [-0.39, 0.29) is 0 Å². The van der Waals surface area contributed by atoms with E-state index in [0.717, 1.165) is 62.3 Å². The molecule has 1 fully saturated rings. The van der Waals surface area contributed by atoms with Gasteiger partial charge >= 0.3 is 0 Å². The molecule has 0 atom stereocenters. The number of amides is 1. The molecular formula is C21H25N5O. The molecule has 4 rings (SSSR count). The average Bonchev–Trinajstić information content (AvgIpc) is 3.28. The number of likely N-dealkylation sites (tertiary alicyclic amines) is 1. The number of nitrogen functional groups attached to an aromatic ring is 1. The van der Waals surface area contributed by atoms with Gasteiger partial charge in [-0.3, -0.25) is 9.79 Å². The van der Waals surface area contributed by atoms with Crippen LogP contribution in [0.5, 0.6) is 0 Å². The minimum Gasteiger partial charge on any atom is -0.368 e. The van der Waals surface area contributed by atoms with Crippen molar-refractivity contribution in [2.45, 2.75) is 45.6 Å². The highest BCUT2D eigenvalue weighted by Gasteiger charge is 2.19. The number of aryl methyl sites for hydroxylation is 1. The Balaban J connectivity index is 1.46. The lowest BCUT2D eigenvalue weighted by atomic mass is 9.96. The van der Waals surface area contributed by atoms with Gasteiger partial charge in [0.25, 0.3) is 0 Å². The van der Waals surface area contributed by atoms with E-state index in [1.54, 1.807) is 0 Å². The standard InChI is InChI=1S/C21H25N5O/c1-14-17(8-7-15-12-23-13-18(14)15)19-11-16(24-21(22)25-19)5-2-3-9-26-10-4-6-20(26)27/h7-8,11,13H,2-6,9-10,12H2,1H3,(H2,22,24,25). The van der Waals surface area contributed by atoms with Crippen molar-refractivity contribution in [3.8, 4) is 11.3 Å². The number of anilines is 1. The number of nitrogens with zero attached hydrogens (tertiary/aromatic N) is 4. The first-order valence-electron chi connectivity index (χ1n) is 9.66. The van der Waals surface area contributed by atoms with Gasteiger partial charge in [0.15, 0.2) is 0 Å². The lowest BCUT2D eigenvalue weighted by molar-refractivity contribution is -0.127. The number of fused-ring (bicyclic) bond motifs is 1. The Morgan fingerprint density at radius 3 is 2.93 bits per heavy atom. The Labute approximate surface area is 159 Å². The quantitative estimate of drug-likeness (QED) is 0.800. The molecule has 1 amide bonds. The molecule has 3 heterocycles. The summed E-state index contributed by atoms with van der Waals surface area (Å²) < 4.78 is 0. The first kappa shape index (κ1) is 17.6. The third-order valence-electron chi connectivity index (χ3n) is 5.44. The minimum atomic E-state index is 0.291. The number of carbonyl (C=O) groups is 1. The van der Waals surface area contributed by atoms with Crippen molar-refractivity contribution < 1.29 is 4.79 Å². The van der Waals surface area contributed by atoms with Crippen LogP contribution in [-0.2, 0) is 17.8 Å². The number of nitrogens with two attached hydrogens (primary N) is 1.